The lowest BCUT2D eigenvalue weighted by Gasteiger charge is -2.18. The largest absolute Gasteiger partial charge is 0.496 e. The van der Waals surface area contributed by atoms with Crippen LogP contribution in [-0.4, -0.2) is 27.2 Å². The summed E-state index contributed by atoms with van der Waals surface area (Å²) in [6, 6.07) is 6.31. The Morgan fingerprint density at radius 3 is 2.63 bits per heavy atom. The molecular formula is C15H23NO3. The van der Waals surface area contributed by atoms with Crippen LogP contribution in [0.2, 0.25) is 0 Å². The first-order valence-corrected chi connectivity index (χ1v) is 6.57. The number of carbonyl (C=O) groups excluding carboxylic acids is 1. The van der Waals surface area contributed by atoms with Gasteiger partial charge in [-0.15, -0.1) is 0 Å². The number of methoxy groups -OCH3 is 2. The second-order valence-electron chi connectivity index (χ2n) is 4.38. The first kappa shape index (κ1) is 15.5. The molecule has 0 saturated heterocycles. The number of ether oxygens (including phenoxy) is 2. The van der Waals surface area contributed by atoms with E-state index in [4.69, 9.17) is 4.74 Å². The SMILES string of the molecule is CCc1cc(C(CCC(=O)OC)NC)ccc1OC. The van der Waals surface area contributed by atoms with E-state index >= 15 is 0 Å². The summed E-state index contributed by atoms with van der Waals surface area (Å²) in [6.07, 6.45) is 2.05. The first-order chi connectivity index (χ1) is 9.15. The zero-order valence-electron chi connectivity index (χ0n) is 12.2. The summed E-state index contributed by atoms with van der Waals surface area (Å²) >= 11 is 0. The van der Waals surface area contributed by atoms with Crippen LogP contribution in [0.3, 0.4) is 0 Å². The van der Waals surface area contributed by atoms with Gasteiger partial charge >= 0.3 is 5.97 Å². The molecule has 0 saturated carbocycles. The lowest BCUT2D eigenvalue weighted by Crippen LogP contribution is -2.18. The van der Waals surface area contributed by atoms with Gasteiger partial charge in [-0.3, -0.25) is 4.79 Å². The highest BCUT2D eigenvalue weighted by molar-refractivity contribution is 5.69. The maximum absolute atomic E-state index is 11.2. The van der Waals surface area contributed by atoms with E-state index in [-0.39, 0.29) is 12.0 Å². The fraction of sp³-hybridized carbons (Fsp3) is 0.533. The van der Waals surface area contributed by atoms with Crippen molar-refractivity contribution in [3.63, 3.8) is 0 Å². The molecule has 1 aromatic carbocycles. The summed E-state index contributed by atoms with van der Waals surface area (Å²) in [5.74, 6) is 0.735. The van der Waals surface area contributed by atoms with E-state index in [0.717, 1.165) is 18.6 Å². The fourth-order valence-electron chi connectivity index (χ4n) is 2.13. The molecule has 0 amide bonds. The van der Waals surface area contributed by atoms with Gasteiger partial charge in [-0.05, 0) is 37.1 Å². The van der Waals surface area contributed by atoms with Crippen LogP contribution in [0.1, 0.15) is 36.9 Å². The monoisotopic (exact) mass is 265 g/mol. The Morgan fingerprint density at radius 2 is 2.11 bits per heavy atom. The van der Waals surface area contributed by atoms with E-state index < -0.39 is 0 Å². The smallest absolute Gasteiger partial charge is 0.305 e. The van der Waals surface area contributed by atoms with Crippen molar-refractivity contribution in [2.75, 3.05) is 21.3 Å². The van der Waals surface area contributed by atoms with E-state index in [1.165, 1.54) is 18.2 Å². The Labute approximate surface area is 115 Å². The lowest BCUT2D eigenvalue weighted by molar-refractivity contribution is -0.140. The van der Waals surface area contributed by atoms with E-state index in [9.17, 15) is 4.79 Å². The highest BCUT2D eigenvalue weighted by Gasteiger charge is 2.13. The van der Waals surface area contributed by atoms with Crippen LogP contribution in [0.5, 0.6) is 5.75 Å². The molecule has 0 bridgehead atoms. The maximum Gasteiger partial charge on any atom is 0.305 e. The molecule has 1 aromatic rings. The van der Waals surface area contributed by atoms with E-state index in [0.29, 0.717) is 6.42 Å². The molecule has 0 heterocycles. The Morgan fingerprint density at radius 1 is 1.37 bits per heavy atom. The number of nitrogens with one attached hydrogen (secondary N) is 1. The number of esters is 1. The second-order valence-corrected chi connectivity index (χ2v) is 4.38. The summed E-state index contributed by atoms with van der Waals surface area (Å²) in [7, 11) is 5.00. The minimum absolute atomic E-state index is 0.148. The molecule has 1 N–H and O–H groups in total. The summed E-state index contributed by atoms with van der Waals surface area (Å²) in [5, 5.41) is 3.24. The third kappa shape index (κ3) is 4.24. The summed E-state index contributed by atoms with van der Waals surface area (Å²) < 4.78 is 10.0. The lowest BCUT2D eigenvalue weighted by atomic mass is 9.98. The zero-order valence-corrected chi connectivity index (χ0v) is 12.2. The van der Waals surface area contributed by atoms with Crippen LogP contribution in [-0.2, 0) is 16.0 Å². The number of hydrogen-bond acceptors (Lipinski definition) is 4. The molecule has 1 unspecified atom stereocenters. The van der Waals surface area contributed by atoms with Crippen molar-refractivity contribution in [2.24, 2.45) is 0 Å². The fourth-order valence-corrected chi connectivity index (χ4v) is 2.13. The molecule has 1 atom stereocenters. The van der Waals surface area contributed by atoms with Crippen molar-refractivity contribution in [1.29, 1.82) is 0 Å². The van der Waals surface area contributed by atoms with Gasteiger partial charge in [-0.2, -0.15) is 0 Å². The number of benzene rings is 1. The molecule has 19 heavy (non-hydrogen) atoms. The van der Waals surface area contributed by atoms with Crippen LogP contribution in [0.15, 0.2) is 18.2 Å². The average Bonchev–Trinajstić information content (AvgIpc) is 2.47. The van der Waals surface area contributed by atoms with Gasteiger partial charge in [-0.25, -0.2) is 0 Å². The Bertz CT molecular complexity index is 418. The van der Waals surface area contributed by atoms with Crippen molar-refractivity contribution in [2.45, 2.75) is 32.2 Å². The zero-order chi connectivity index (χ0) is 14.3. The second kappa shape index (κ2) is 7.79. The number of aryl methyl sites for hydroxylation is 1. The predicted octanol–water partition coefficient (Wildman–Crippen LogP) is 2.47. The Hall–Kier alpha value is -1.55. The number of rotatable bonds is 7. The summed E-state index contributed by atoms with van der Waals surface area (Å²) in [6.45, 7) is 2.10. The van der Waals surface area contributed by atoms with Crippen LogP contribution >= 0.6 is 0 Å². The number of carbonyl (C=O) groups is 1. The van der Waals surface area contributed by atoms with E-state index in [1.807, 2.05) is 19.2 Å². The van der Waals surface area contributed by atoms with Gasteiger partial charge in [0.2, 0.25) is 0 Å². The van der Waals surface area contributed by atoms with Crippen molar-refractivity contribution in [3.05, 3.63) is 29.3 Å². The predicted molar refractivity (Wildman–Crippen MR) is 75.4 cm³/mol. The molecule has 4 nitrogen and oxygen atoms in total. The van der Waals surface area contributed by atoms with Gasteiger partial charge in [0.25, 0.3) is 0 Å². The molecule has 0 aliphatic heterocycles. The molecule has 0 aliphatic rings. The van der Waals surface area contributed by atoms with Crippen LogP contribution in [0.25, 0.3) is 0 Å². The minimum Gasteiger partial charge on any atom is -0.496 e. The van der Waals surface area contributed by atoms with Gasteiger partial charge in [0.1, 0.15) is 5.75 Å². The highest BCUT2D eigenvalue weighted by Crippen LogP contribution is 2.26. The molecule has 0 aliphatic carbocycles. The normalized spacial score (nSPS) is 12.0. The highest BCUT2D eigenvalue weighted by atomic mass is 16.5. The standard InChI is InChI=1S/C15H23NO3/c1-5-11-10-12(6-8-14(11)18-3)13(16-2)7-9-15(17)19-4/h6,8,10,13,16H,5,7,9H2,1-4H3. The maximum atomic E-state index is 11.2. The third-order valence-electron chi connectivity index (χ3n) is 3.30. The van der Waals surface area contributed by atoms with Gasteiger partial charge in [-0.1, -0.05) is 19.1 Å². The Balaban J connectivity index is 2.83. The van der Waals surface area contributed by atoms with Gasteiger partial charge in [0, 0.05) is 12.5 Å². The molecule has 106 valence electrons. The molecule has 0 fully saturated rings. The minimum atomic E-state index is -0.176. The molecule has 0 spiro atoms. The molecule has 1 rings (SSSR count). The van der Waals surface area contributed by atoms with Crippen LogP contribution in [0, 0.1) is 0 Å². The molecule has 4 heteroatoms. The Kier molecular flexibility index (Phi) is 6.36. The van der Waals surface area contributed by atoms with Crippen molar-refractivity contribution >= 4 is 5.97 Å². The van der Waals surface area contributed by atoms with Crippen molar-refractivity contribution in [3.8, 4) is 5.75 Å². The quantitative estimate of drug-likeness (QED) is 0.769. The van der Waals surface area contributed by atoms with Crippen molar-refractivity contribution < 1.29 is 14.3 Å². The molecular weight excluding hydrogens is 242 g/mol. The number of hydrogen-bond donors (Lipinski definition) is 1. The molecule has 0 aromatic heterocycles. The van der Waals surface area contributed by atoms with Crippen LogP contribution in [0.4, 0.5) is 0 Å². The molecule has 0 radical (unpaired) electrons. The third-order valence-corrected chi connectivity index (χ3v) is 3.30. The van der Waals surface area contributed by atoms with E-state index in [1.54, 1.807) is 7.11 Å². The van der Waals surface area contributed by atoms with Crippen LogP contribution < -0.4 is 10.1 Å². The van der Waals surface area contributed by atoms with Crippen molar-refractivity contribution in [1.82, 2.24) is 5.32 Å². The summed E-state index contributed by atoms with van der Waals surface area (Å²) in [5.41, 5.74) is 2.35. The average molecular weight is 265 g/mol. The van der Waals surface area contributed by atoms with Gasteiger partial charge < -0.3 is 14.8 Å². The summed E-state index contributed by atoms with van der Waals surface area (Å²) in [4.78, 5) is 11.2. The first-order valence-electron chi connectivity index (χ1n) is 6.57. The topological polar surface area (TPSA) is 47.6 Å². The van der Waals surface area contributed by atoms with E-state index in [2.05, 4.69) is 23.0 Å². The van der Waals surface area contributed by atoms with Gasteiger partial charge in [0.05, 0.1) is 14.2 Å². The van der Waals surface area contributed by atoms with Gasteiger partial charge in [0.15, 0.2) is 0 Å².